The summed E-state index contributed by atoms with van der Waals surface area (Å²) < 4.78 is 12.4. The molecule has 1 aromatic heterocycles. The lowest BCUT2D eigenvalue weighted by atomic mass is 9.48. The number of carbonyl (C=O) groups excluding carboxylic acids is 1. The van der Waals surface area contributed by atoms with E-state index < -0.39 is 11.2 Å². The molecule has 0 saturated heterocycles. The van der Waals surface area contributed by atoms with E-state index in [9.17, 15) is 9.35 Å². The quantitative estimate of drug-likeness (QED) is 0.804. The zero-order valence-electron chi connectivity index (χ0n) is 12.2. The maximum absolute atomic E-state index is 12.9. The summed E-state index contributed by atoms with van der Waals surface area (Å²) in [4.78, 5) is 17.5. The molecule has 4 aliphatic rings. The number of nitrogens with zero attached hydrogens (tertiary/aromatic N) is 1. The molecule has 1 unspecified atom stereocenters. The van der Waals surface area contributed by atoms with Crippen molar-refractivity contribution in [1.82, 2.24) is 4.98 Å². The molecule has 0 spiro atoms. The normalized spacial score (nSPS) is 38.4. The highest BCUT2D eigenvalue weighted by molar-refractivity contribution is 7.92. The fraction of sp³-hybridized carbons (Fsp3) is 0.647. The molecule has 0 N–H and O–H groups in total. The van der Waals surface area contributed by atoms with Crippen LogP contribution >= 0.6 is 0 Å². The van der Waals surface area contributed by atoms with Gasteiger partial charge in [-0.1, -0.05) is 0 Å². The number of carbonyl (C=O) groups is 1. The van der Waals surface area contributed by atoms with Gasteiger partial charge in [-0.05, 0) is 67.5 Å². The van der Waals surface area contributed by atoms with Gasteiger partial charge in [0.2, 0.25) is 0 Å². The van der Waals surface area contributed by atoms with Crippen LogP contribution < -0.4 is 0 Å². The molecule has 0 aromatic carbocycles. The van der Waals surface area contributed by atoms with Crippen LogP contribution in [0.1, 0.15) is 38.5 Å². The Labute approximate surface area is 128 Å². The molecular weight excluding hydrogens is 282 g/mol. The summed E-state index contributed by atoms with van der Waals surface area (Å²) in [7, 11) is 0. The van der Waals surface area contributed by atoms with Crippen LogP contribution in [0.2, 0.25) is 0 Å². The van der Waals surface area contributed by atoms with Crippen LogP contribution in [-0.2, 0) is 16.0 Å². The maximum atomic E-state index is 12.9. The van der Waals surface area contributed by atoms with E-state index in [1.165, 1.54) is 19.3 Å². The van der Waals surface area contributed by atoms with Gasteiger partial charge >= 0.3 is 0 Å². The Hall–Kier alpha value is -0.870. The van der Waals surface area contributed by atoms with Crippen LogP contribution in [0.25, 0.3) is 0 Å². The van der Waals surface area contributed by atoms with Gasteiger partial charge in [0.05, 0.1) is 0 Å². The number of ketones is 1. The van der Waals surface area contributed by atoms with E-state index in [0.29, 0.717) is 0 Å². The summed E-state index contributed by atoms with van der Waals surface area (Å²) in [6.07, 6.45) is 10.5. The largest absolute Gasteiger partial charge is 0.611 e. The van der Waals surface area contributed by atoms with Crippen molar-refractivity contribution >= 4 is 17.0 Å². The maximum Gasteiger partial charge on any atom is 0.188 e. The van der Waals surface area contributed by atoms with Crippen molar-refractivity contribution < 1.29 is 9.35 Å². The van der Waals surface area contributed by atoms with E-state index in [2.05, 4.69) is 4.98 Å². The van der Waals surface area contributed by atoms with Gasteiger partial charge in [-0.3, -0.25) is 9.78 Å². The van der Waals surface area contributed by atoms with Crippen molar-refractivity contribution in [3.05, 3.63) is 24.5 Å². The summed E-state index contributed by atoms with van der Waals surface area (Å²) in [5.74, 6) is 2.73. The Bertz CT molecular complexity index is 510. The molecule has 0 aliphatic heterocycles. The molecule has 5 rings (SSSR count). The van der Waals surface area contributed by atoms with Crippen LogP contribution in [0, 0.1) is 23.2 Å². The first-order valence-corrected chi connectivity index (χ1v) is 9.28. The molecule has 3 nitrogen and oxygen atoms in total. The van der Waals surface area contributed by atoms with Crippen molar-refractivity contribution in [1.29, 1.82) is 0 Å². The number of pyridine rings is 1. The van der Waals surface area contributed by atoms with E-state index in [1.54, 1.807) is 24.5 Å². The minimum atomic E-state index is -1.22. The molecule has 4 fully saturated rings. The van der Waals surface area contributed by atoms with Crippen molar-refractivity contribution in [2.45, 2.75) is 43.4 Å². The summed E-state index contributed by atoms with van der Waals surface area (Å²) in [6.45, 7) is 0. The Balaban J connectivity index is 1.50. The first-order valence-electron chi connectivity index (χ1n) is 7.96. The molecular formula is C17H21NO2S. The highest BCUT2D eigenvalue weighted by Crippen LogP contribution is 2.60. The first kappa shape index (κ1) is 13.8. The van der Waals surface area contributed by atoms with Crippen LogP contribution in [0.4, 0.5) is 0 Å². The predicted molar refractivity (Wildman–Crippen MR) is 81.1 cm³/mol. The van der Waals surface area contributed by atoms with Gasteiger partial charge in [0.1, 0.15) is 0 Å². The molecule has 4 aliphatic carbocycles. The molecule has 1 aromatic rings. The van der Waals surface area contributed by atoms with E-state index in [1.807, 2.05) is 0 Å². The van der Waals surface area contributed by atoms with Gasteiger partial charge in [0, 0.05) is 29.9 Å². The molecule has 4 heteroatoms. The van der Waals surface area contributed by atoms with Gasteiger partial charge in [0.25, 0.3) is 0 Å². The number of hydrogen-bond acceptors (Lipinski definition) is 3. The van der Waals surface area contributed by atoms with Crippen LogP contribution in [0.3, 0.4) is 0 Å². The Morgan fingerprint density at radius 2 is 1.67 bits per heavy atom. The van der Waals surface area contributed by atoms with Crippen molar-refractivity contribution in [2.75, 3.05) is 5.75 Å². The topological polar surface area (TPSA) is 53.0 Å². The summed E-state index contributed by atoms with van der Waals surface area (Å²) in [5.41, 5.74) is -0.128. The number of Topliss-reactive ketones (excluding diaryl/α,β-unsaturated/α-hetero) is 1. The zero-order chi connectivity index (χ0) is 14.4. The average molecular weight is 303 g/mol. The third-order valence-corrected chi connectivity index (χ3v) is 7.13. The third-order valence-electron chi connectivity index (χ3n) is 5.80. The van der Waals surface area contributed by atoms with Gasteiger partial charge < -0.3 is 4.55 Å². The second-order valence-corrected chi connectivity index (χ2v) is 8.74. The number of rotatable bonds is 4. The van der Waals surface area contributed by atoms with Crippen molar-refractivity contribution in [3.63, 3.8) is 0 Å². The fourth-order valence-electron chi connectivity index (χ4n) is 5.30. The monoisotopic (exact) mass is 303 g/mol. The molecule has 0 amide bonds. The minimum Gasteiger partial charge on any atom is -0.611 e. The van der Waals surface area contributed by atoms with E-state index in [0.717, 1.165) is 41.9 Å². The molecule has 4 saturated carbocycles. The van der Waals surface area contributed by atoms with Crippen LogP contribution in [0.15, 0.2) is 29.4 Å². The predicted octanol–water partition coefficient (Wildman–Crippen LogP) is 2.97. The summed E-state index contributed by atoms with van der Waals surface area (Å²) in [6, 6.07) is 3.51. The Kier molecular flexibility index (Phi) is 3.34. The average Bonchev–Trinajstić information content (AvgIpc) is 2.46. The highest BCUT2D eigenvalue weighted by Gasteiger charge is 2.55. The lowest BCUT2D eigenvalue weighted by molar-refractivity contribution is -0.141. The van der Waals surface area contributed by atoms with Crippen LogP contribution in [-0.4, -0.2) is 21.1 Å². The Morgan fingerprint density at radius 3 is 2.19 bits per heavy atom. The second kappa shape index (κ2) is 5.10. The van der Waals surface area contributed by atoms with Gasteiger partial charge in [-0.25, -0.2) is 0 Å². The first-order chi connectivity index (χ1) is 10.1. The smallest absolute Gasteiger partial charge is 0.188 e. The summed E-state index contributed by atoms with van der Waals surface area (Å²) >= 11 is -1.22. The number of hydrogen-bond donors (Lipinski definition) is 0. The molecule has 112 valence electrons. The molecule has 0 radical (unpaired) electrons. The van der Waals surface area contributed by atoms with Crippen molar-refractivity contribution in [3.8, 4) is 0 Å². The molecule has 1 atom stereocenters. The Morgan fingerprint density at radius 1 is 1.14 bits per heavy atom. The molecule has 4 bridgehead atoms. The lowest BCUT2D eigenvalue weighted by Gasteiger charge is -2.55. The van der Waals surface area contributed by atoms with Gasteiger partial charge in [-0.15, -0.1) is 0 Å². The van der Waals surface area contributed by atoms with Crippen molar-refractivity contribution in [2.24, 2.45) is 23.2 Å². The fourth-order valence-corrected chi connectivity index (χ4v) is 6.43. The molecule has 1 heterocycles. The third kappa shape index (κ3) is 2.42. The van der Waals surface area contributed by atoms with E-state index in [4.69, 9.17) is 0 Å². The van der Waals surface area contributed by atoms with Gasteiger partial charge in [0.15, 0.2) is 16.4 Å². The lowest BCUT2D eigenvalue weighted by Crippen LogP contribution is -2.51. The van der Waals surface area contributed by atoms with E-state index >= 15 is 0 Å². The number of aromatic nitrogens is 1. The van der Waals surface area contributed by atoms with E-state index in [-0.39, 0.29) is 17.0 Å². The zero-order valence-corrected chi connectivity index (χ0v) is 13.0. The highest BCUT2D eigenvalue weighted by atomic mass is 32.2. The standard InChI is InChI=1S/C17H21NO2S/c19-16(11-21(20)15-1-3-18-4-2-15)17-8-12-5-13(9-17)7-14(6-12)10-17/h1-4,12-14H,5-11H2. The SMILES string of the molecule is O=C(C[S+]([O-])c1ccncc1)C12CC3CC(CC(C3)C1)C2. The summed E-state index contributed by atoms with van der Waals surface area (Å²) in [5, 5.41) is 0. The molecule has 21 heavy (non-hydrogen) atoms. The minimum absolute atomic E-state index is 0.128. The second-order valence-electron chi connectivity index (χ2n) is 7.29. The van der Waals surface area contributed by atoms with Crippen LogP contribution in [0.5, 0.6) is 0 Å². The van der Waals surface area contributed by atoms with Gasteiger partial charge in [-0.2, -0.15) is 0 Å².